The van der Waals surface area contributed by atoms with Crippen molar-refractivity contribution in [1.29, 1.82) is 0 Å². The lowest BCUT2D eigenvalue weighted by atomic mass is 10.1. The molecule has 2 aromatic heterocycles. The van der Waals surface area contributed by atoms with Crippen LogP contribution in [0, 0.1) is 0 Å². The molecule has 2 unspecified atom stereocenters. The Labute approximate surface area is 150 Å². The van der Waals surface area contributed by atoms with E-state index in [9.17, 15) is 9.35 Å². The Balaban J connectivity index is 2.15. The van der Waals surface area contributed by atoms with E-state index in [-0.39, 0.29) is 11.9 Å². The average molecular weight is 358 g/mol. The lowest BCUT2D eigenvalue weighted by molar-refractivity contribution is -0.142. The molecule has 1 aliphatic heterocycles. The quantitative estimate of drug-likeness (QED) is 0.434. The van der Waals surface area contributed by atoms with Gasteiger partial charge in [-0.05, 0) is 35.8 Å². The predicted molar refractivity (Wildman–Crippen MR) is 98.9 cm³/mol. The standard InChI is InChI=1S/C19H22N2O3S/c1-4-9-20-10-6-7-15(20)18-17(25(23)12-5-2)13-16-14(19(22)24-3)8-11-21(16)18/h4-7,10,13-14H,1-2,8-9,11-12H2,3H3. The molecule has 3 heterocycles. The van der Waals surface area contributed by atoms with E-state index in [0.717, 1.165) is 22.0 Å². The Morgan fingerprint density at radius 2 is 2.28 bits per heavy atom. The van der Waals surface area contributed by atoms with Gasteiger partial charge < -0.3 is 18.4 Å². The Bertz CT molecular complexity index is 806. The first kappa shape index (κ1) is 17.6. The van der Waals surface area contributed by atoms with E-state index in [2.05, 4.69) is 22.3 Å². The van der Waals surface area contributed by atoms with Crippen LogP contribution in [0.15, 0.2) is 54.6 Å². The Hall–Kier alpha value is -2.18. The minimum absolute atomic E-state index is 0.245. The van der Waals surface area contributed by atoms with Crippen molar-refractivity contribution in [2.75, 3.05) is 12.9 Å². The molecule has 2 aromatic rings. The summed E-state index contributed by atoms with van der Waals surface area (Å²) in [6, 6.07) is 5.87. The van der Waals surface area contributed by atoms with Gasteiger partial charge in [-0.1, -0.05) is 12.7 Å². The number of esters is 1. The zero-order valence-electron chi connectivity index (χ0n) is 14.3. The lowest BCUT2D eigenvalue weighted by Gasteiger charge is -2.14. The van der Waals surface area contributed by atoms with Crippen molar-refractivity contribution in [3.05, 3.63) is 55.4 Å². The lowest BCUT2D eigenvalue weighted by Crippen LogP contribution is -2.11. The molecule has 0 saturated heterocycles. The van der Waals surface area contributed by atoms with Gasteiger partial charge >= 0.3 is 5.97 Å². The minimum atomic E-state index is -1.21. The van der Waals surface area contributed by atoms with E-state index in [4.69, 9.17) is 4.74 Å². The van der Waals surface area contributed by atoms with Crippen LogP contribution < -0.4 is 0 Å². The third kappa shape index (κ3) is 3.07. The molecule has 0 aliphatic carbocycles. The summed E-state index contributed by atoms with van der Waals surface area (Å²) in [7, 11) is 1.40. The van der Waals surface area contributed by atoms with Crippen molar-refractivity contribution in [2.45, 2.75) is 30.3 Å². The Kier molecular flexibility index (Phi) is 5.20. The number of rotatable bonds is 7. The summed E-state index contributed by atoms with van der Waals surface area (Å²) >= 11 is -1.21. The SMILES string of the molecule is C=CCn1cccc1-c1c([S+]([O-])CC=C)cc2n1CCC2C(=O)OC. The van der Waals surface area contributed by atoms with Gasteiger partial charge in [-0.3, -0.25) is 4.79 Å². The van der Waals surface area contributed by atoms with Crippen molar-refractivity contribution in [2.24, 2.45) is 0 Å². The molecular weight excluding hydrogens is 336 g/mol. The number of hydrogen-bond donors (Lipinski definition) is 0. The van der Waals surface area contributed by atoms with Gasteiger partial charge in [-0.25, -0.2) is 0 Å². The molecular formula is C19H22N2O3S. The zero-order chi connectivity index (χ0) is 18.0. The van der Waals surface area contributed by atoms with Crippen molar-refractivity contribution < 1.29 is 14.1 Å². The van der Waals surface area contributed by atoms with Crippen molar-refractivity contribution in [3.8, 4) is 11.4 Å². The van der Waals surface area contributed by atoms with Gasteiger partial charge in [0.15, 0.2) is 4.90 Å². The van der Waals surface area contributed by atoms with E-state index < -0.39 is 11.2 Å². The van der Waals surface area contributed by atoms with Crippen molar-refractivity contribution >= 4 is 17.1 Å². The molecule has 0 amide bonds. The van der Waals surface area contributed by atoms with Gasteiger partial charge in [-0.15, -0.1) is 6.58 Å². The van der Waals surface area contributed by atoms with Crippen LogP contribution in [-0.4, -0.2) is 32.5 Å². The highest BCUT2D eigenvalue weighted by atomic mass is 32.2. The van der Waals surface area contributed by atoms with Gasteiger partial charge in [0.25, 0.3) is 0 Å². The van der Waals surface area contributed by atoms with Crippen LogP contribution in [0.4, 0.5) is 0 Å². The highest BCUT2D eigenvalue weighted by Crippen LogP contribution is 2.40. The van der Waals surface area contributed by atoms with E-state index in [1.165, 1.54) is 7.11 Å². The van der Waals surface area contributed by atoms with Crippen LogP contribution in [0.5, 0.6) is 0 Å². The van der Waals surface area contributed by atoms with E-state index in [1.807, 2.05) is 30.5 Å². The second-order valence-electron chi connectivity index (χ2n) is 5.93. The molecule has 6 heteroatoms. The topological polar surface area (TPSA) is 59.2 Å². The molecule has 0 fully saturated rings. The monoisotopic (exact) mass is 358 g/mol. The number of allylic oxidation sites excluding steroid dienone is 1. The van der Waals surface area contributed by atoms with Gasteiger partial charge in [0.05, 0.1) is 18.7 Å². The molecule has 0 saturated carbocycles. The third-order valence-electron chi connectivity index (χ3n) is 4.49. The number of hydrogen-bond acceptors (Lipinski definition) is 3. The average Bonchev–Trinajstić information content (AvgIpc) is 3.29. The molecule has 3 rings (SSSR count). The zero-order valence-corrected chi connectivity index (χ0v) is 15.1. The van der Waals surface area contributed by atoms with Gasteiger partial charge in [0.1, 0.15) is 11.4 Å². The minimum Gasteiger partial charge on any atom is -0.611 e. The molecule has 0 spiro atoms. The summed E-state index contributed by atoms with van der Waals surface area (Å²) < 4.78 is 21.9. The van der Waals surface area contributed by atoms with Gasteiger partial charge in [0.2, 0.25) is 0 Å². The fourth-order valence-corrected chi connectivity index (χ4v) is 4.50. The first-order valence-corrected chi connectivity index (χ1v) is 9.51. The molecule has 0 N–H and O–H groups in total. The maximum atomic E-state index is 12.8. The summed E-state index contributed by atoms with van der Waals surface area (Å²) in [5.41, 5.74) is 2.76. The summed E-state index contributed by atoms with van der Waals surface area (Å²) in [6.45, 7) is 8.86. The van der Waals surface area contributed by atoms with Crippen LogP contribution >= 0.6 is 0 Å². The maximum absolute atomic E-state index is 12.8. The van der Waals surface area contributed by atoms with E-state index in [0.29, 0.717) is 25.3 Å². The smallest absolute Gasteiger partial charge is 0.314 e. The summed E-state index contributed by atoms with van der Waals surface area (Å²) in [5, 5.41) is 0. The largest absolute Gasteiger partial charge is 0.611 e. The molecule has 25 heavy (non-hydrogen) atoms. The van der Waals surface area contributed by atoms with Crippen LogP contribution in [0.1, 0.15) is 18.0 Å². The Morgan fingerprint density at radius 1 is 1.48 bits per heavy atom. The predicted octanol–water partition coefficient (Wildman–Crippen LogP) is 3.10. The van der Waals surface area contributed by atoms with Crippen molar-refractivity contribution in [3.63, 3.8) is 0 Å². The summed E-state index contributed by atoms with van der Waals surface area (Å²) in [4.78, 5) is 12.8. The van der Waals surface area contributed by atoms with Crippen LogP contribution in [0.3, 0.4) is 0 Å². The number of nitrogens with zero attached hydrogens (tertiary/aromatic N) is 2. The first-order chi connectivity index (χ1) is 12.1. The fraction of sp³-hybridized carbons (Fsp3) is 0.316. The molecule has 0 radical (unpaired) electrons. The molecule has 0 aromatic carbocycles. The summed E-state index contributed by atoms with van der Waals surface area (Å²) in [6.07, 6.45) is 6.16. The highest BCUT2D eigenvalue weighted by Gasteiger charge is 2.36. The number of methoxy groups -OCH3 is 1. The maximum Gasteiger partial charge on any atom is 0.314 e. The number of carbonyl (C=O) groups is 1. The van der Waals surface area contributed by atoms with Gasteiger partial charge in [0, 0.05) is 31.0 Å². The van der Waals surface area contributed by atoms with E-state index >= 15 is 0 Å². The number of fused-ring (bicyclic) bond motifs is 1. The Morgan fingerprint density at radius 3 is 2.96 bits per heavy atom. The molecule has 0 bridgehead atoms. The van der Waals surface area contributed by atoms with Crippen LogP contribution in [0.25, 0.3) is 11.4 Å². The molecule has 1 aliphatic rings. The molecule has 5 nitrogen and oxygen atoms in total. The van der Waals surface area contributed by atoms with Crippen molar-refractivity contribution in [1.82, 2.24) is 9.13 Å². The highest BCUT2D eigenvalue weighted by molar-refractivity contribution is 7.91. The second kappa shape index (κ2) is 7.37. The van der Waals surface area contributed by atoms with Gasteiger partial charge in [-0.2, -0.15) is 0 Å². The van der Waals surface area contributed by atoms with E-state index in [1.54, 1.807) is 6.08 Å². The molecule has 2 atom stereocenters. The second-order valence-corrected chi connectivity index (χ2v) is 7.40. The fourth-order valence-electron chi connectivity index (χ4n) is 3.42. The summed E-state index contributed by atoms with van der Waals surface area (Å²) in [5.74, 6) is -0.173. The number of aromatic nitrogens is 2. The first-order valence-electron chi connectivity index (χ1n) is 8.19. The number of ether oxygens (including phenoxy) is 1. The van der Waals surface area contributed by atoms with Crippen LogP contribution in [-0.2, 0) is 33.8 Å². The number of carbonyl (C=O) groups excluding carboxylic acids is 1. The molecule has 132 valence electrons. The van der Waals surface area contributed by atoms with Crippen LogP contribution in [0.2, 0.25) is 0 Å². The third-order valence-corrected chi connectivity index (χ3v) is 5.83. The normalized spacial score (nSPS) is 17.1.